The SMILES string of the molecule is Cc1ccc2c(n1)oc1c(-c3ccc4c(CC(C)(C)C(F)(F)F)cccc4n3)cccc12. The lowest BCUT2D eigenvalue weighted by molar-refractivity contribution is -0.210. The van der Waals surface area contributed by atoms with Gasteiger partial charge in [-0.2, -0.15) is 13.2 Å². The van der Waals surface area contributed by atoms with Crippen molar-refractivity contribution in [1.29, 1.82) is 0 Å². The Labute approximate surface area is 182 Å². The number of fused-ring (bicyclic) bond motifs is 4. The Morgan fingerprint density at radius 1 is 0.812 bits per heavy atom. The molecule has 0 N–H and O–H groups in total. The monoisotopic (exact) mass is 434 g/mol. The average molecular weight is 434 g/mol. The van der Waals surface area contributed by atoms with Gasteiger partial charge in [-0.3, -0.25) is 0 Å². The fourth-order valence-corrected chi connectivity index (χ4v) is 4.07. The molecule has 0 spiro atoms. The van der Waals surface area contributed by atoms with E-state index in [1.54, 1.807) is 12.1 Å². The summed E-state index contributed by atoms with van der Waals surface area (Å²) in [6, 6.07) is 18.8. The molecule has 162 valence electrons. The first kappa shape index (κ1) is 20.5. The second kappa shape index (κ2) is 7.05. The van der Waals surface area contributed by atoms with Gasteiger partial charge in [0.05, 0.1) is 16.6 Å². The second-order valence-electron chi connectivity index (χ2n) is 8.83. The number of hydrogen-bond donors (Lipinski definition) is 0. The zero-order valence-corrected chi connectivity index (χ0v) is 17.9. The Balaban J connectivity index is 1.64. The van der Waals surface area contributed by atoms with E-state index in [2.05, 4.69) is 4.98 Å². The molecule has 3 heterocycles. The lowest BCUT2D eigenvalue weighted by Crippen LogP contribution is -2.34. The fourth-order valence-electron chi connectivity index (χ4n) is 4.07. The first-order valence-corrected chi connectivity index (χ1v) is 10.4. The van der Waals surface area contributed by atoms with Crippen LogP contribution in [0.1, 0.15) is 25.1 Å². The number of aromatic nitrogens is 2. The van der Waals surface area contributed by atoms with E-state index in [1.165, 1.54) is 13.8 Å². The number of aryl methyl sites for hydroxylation is 1. The van der Waals surface area contributed by atoms with Crippen molar-refractivity contribution in [2.75, 3.05) is 0 Å². The van der Waals surface area contributed by atoms with Crippen LogP contribution in [0.5, 0.6) is 0 Å². The van der Waals surface area contributed by atoms with Crippen molar-refractivity contribution in [1.82, 2.24) is 9.97 Å². The van der Waals surface area contributed by atoms with Gasteiger partial charge in [-0.1, -0.05) is 44.2 Å². The molecule has 0 atom stereocenters. The molecule has 0 saturated carbocycles. The van der Waals surface area contributed by atoms with Crippen molar-refractivity contribution >= 4 is 33.0 Å². The highest BCUT2D eigenvalue weighted by Gasteiger charge is 2.47. The molecule has 0 aliphatic carbocycles. The van der Waals surface area contributed by atoms with Gasteiger partial charge in [-0.25, -0.2) is 9.97 Å². The second-order valence-corrected chi connectivity index (χ2v) is 8.83. The van der Waals surface area contributed by atoms with Gasteiger partial charge in [0.1, 0.15) is 5.58 Å². The van der Waals surface area contributed by atoms with Gasteiger partial charge in [0.15, 0.2) is 0 Å². The van der Waals surface area contributed by atoms with Crippen molar-refractivity contribution in [3.05, 3.63) is 71.9 Å². The molecular formula is C26H21F3N2O. The first-order chi connectivity index (χ1) is 15.1. The molecule has 0 aliphatic rings. The largest absolute Gasteiger partial charge is 0.437 e. The third-order valence-corrected chi connectivity index (χ3v) is 6.00. The number of benzene rings is 2. The summed E-state index contributed by atoms with van der Waals surface area (Å²) in [6.45, 7) is 4.37. The van der Waals surface area contributed by atoms with Crippen molar-refractivity contribution in [2.45, 2.75) is 33.4 Å². The summed E-state index contributed by atoms with van der Waals surface area (Å²) >= 11 is 0. The number of para-hydroxylation sites is 1. The highest BCUT2D eigenvalue weighted by atomic mass is 19.4. The molecule has 0 amide bonds. The van der Waals surface area contributed by atoms with Gasteiger partial charge in [0, 0.05) is 27.4 Å². The standard InChI is InChI=1S/C26H21F3N2O/c1-15-10-11-19-18-7-5-8-20(23(18)32-24(19)30-15)22-13-12-17-16(6-4-9-21(17)31-22)14-25(2,3)26(27,28)29/h4-13H,14H2,1-3H3. The topological polar surface area (TPSA) is 38.9 Å². The van der Waals surface area contributed by atoms with Crippen LogP contribution in [0.4, 0.5) is 13.2 Å². The Hall–Kier alpha value is -3.41. The van der Waals surface area contributed by atoms with E-state index in [1.807, 2.05) is 55.5 Å². The van der Waals surface area contributed by atoms with Gasteiger partial charge < -0.3 is 4.42 Å². The summed E-state index contributed by atoms with van der Waals surface area (Å²) in [7, 11) is 0. The summed E-state index contributed by atoms with van der Waals surface area (Å²) in [4.78, 5) is 9.26. The molecule has 0 aliphatic heterocycles. The van der Waals surface area contributed by atoms with Crippen molar-refractivity contribution in [2.24, 2.45) is 5.41 Å². The predicted octanol–water partition coefficient (Wildman–Crippen LogP) is 7.64. The summed E-state index contributed by atoms with van der Waals surface area (Å²) in [5.41, 5.74) is 3.12. The molecule has 2 aromatic carbocycles. The molecule has 0 saturated heterocycles. The zero-order chi connectivity index (χ0) is 22.7. The summed E-state index contributed by atoms with van der Waals surface area (Å²) in [5, 5.41) is 2.61. The Morgan fingerprint density at radius 3 is 2.34 bits per heavy atom. The van der Waals surface area contributed by atoms with E-state index >= 15 is 0 Å². The molecule has 0 radical (unpaired) electrons. The van der Waals surface area contributed by atoms with E-state index in [9.17, 15) is 13.2 Å². The normalized spacial score (nSPS) is 12.8. The van der Waals surface area contributed by atoms with Crippen LogP contribution in [0.3, 0.4) is 0 Å². The number of nitrogens with zero attached hydrogens (tertiary/aromatic N) is 2. The van der Waals surface area contributed by atoms with Crippen molar-refractivity contribution in [3.63, 3.8) is 0 Å². The molecule has 0 fully saturated rings. The van der Waals surface area contributed by atoms with Gasteiger partial charge in [-0.15, -0.1) is 0 Å². The average Bonchev–Trinajstić information content (AvgIpc) is 3.10. The smallest absolute Gasteiger partial charge is 0.394 e. The Morgan fingerprint density at radius 2 is 1.56 bits per heavy atom. The molecule has 32 heavy (non-hydrogen) atoms. The number of hydrogen-bond acceptors (Lipinski definition) is 3. The lowest BCUT2D eigenvalue weighted by atomic mass is 9.84. The Kier molecular flexibility index (Phi) is 4.52. The molecule has 6 heteroatoms. The number of halogens is 3. The maximum absolute atomic E-state index is 13.4. The van der Waals surface area contributed by atoms with Crippen molar-refractivity contribution in [3.8, 4) is 11.3 Å². The quantitative estimate of drug-likeness (QED) is 0.293. The van der Waals surface area contributed by atoms with Crippen LogP contribution in [0.25, 0.3) is 44.2 Å². The summed E-state index contributed by atoms with van der Waals surface area (Å²) < 4.78 is 46.4. The van der Waals surface area contributed by atoms with Crippen molar-refractivity contribution < 1.29 is 17.6 Å². The molecule has 0 unspecified atom stereocenters. The van der Waals surface area contributed by atoms with Crippen LogP contribution >= 0.6 is 0 Å². The van der Waals surface area contributed by atoms with Crippen LogP contribution in [0, 0.1) is 12.3 Å². The molecule has 3 aromatic heterocycles. The first-order valence-electron chi connectivity index (χ1n) is 10.4. The fraction of sp³-hybridized carbons (Fsp3) is 0.231. The maximum atomic E-state index is 13.4. The minimum atomic E-state index is -4.29. The predicted molar refractivity (Wildman–Crippen MR) is 121 cm³/mol. The van der Waals surface area contributed by atoms with Gasteiger partial charge in [0.25, 0.3) is 0 Å². The summed E-state index contributed by atoms with van der Waals surface area (Å²) in [5.74, 6) is 0. The van der Waals surface area contributed by atoms with Gasteiger partial charge in [0.2, 0.25) is 5.71 Å². The number of furan rings is 1. The maximum Gasteiger partial charge on any atom is 0.394 e. The number of pyridine rings is 2. The van der Waals surface area contributed by atoms with E-state index in [-0.39, 0.29) is 6.42 Å². The molecule has 0 bridgehead atoms. The molecule has 5 aromatic rings. The minimum Gasteiger partial charge on any atom is -0.437 e. The number of alkyl halides is 3. The van der Waals surface area contributed by atoms with E-state index in [4.69, 9.17) is 9.40 Å². The van der Waals surface area contributed by atoms with Crippen LogP contribution in [-0.2, 0) is 6.42 Å². The van der Waals surface area contributed by atoms with Crippen LogP contribution in [0.2, 0.25) is 0 Å². The molecular weight excluding hydrogens is 413 g/mol. The summed E-state index contributed by atoms with van der Waals surface area (Å²) in [6.07, 6.45) is -4.40. The Bertz CT molecular complexity index is 1480. The van der Waals surface area contributed by atoms with Crippen LogP contribution in [0.15, 0.2) is 65.1 Å². The highest BCUT2D eigenvalue weighted by molar-refractivity contribution is 6.08. The third-order valence-electron chi connectivity index (χ3n) is 6.00. The van der Waals surface area contributed by atoms with Gasteiger partial charge in [-0.05, 0) is 49.2 Å². The third kappa shape index (κ3) is 3.30. The molecule has 3 nitrogen and oxygen atoms in total. The molecule has 5 rings (SSSR count). The van der Waals surface area contributed by atoms with Crippen LogP contribution < -0.4 is 0 Å². The minimum absolute atomic E-state index is 0.112. The van der Waals surface area contributed by atoms with Gasteiger partial charge >= 0.3 is 6.18 Å². The lowest BCUT2D eigenvalue weighted by Gasteiger charge is -2.28. The van der Waals surface area contributed by atoms with E-state index in [0.717, 1.165) is 27.4 Å². The van der Waals surface area contributed by atoms with Crippen LogP contribution in [-0.4, -0.2) is 16.1 Å². The zero-order valence-electron chi connectivity index (χ0n) is 17.9. The van der Waals surface area contributed by atoms with E-state index in [0.29, 0.717) is 28.1 Å². The number of rotatable bonds is 3. The van der Waals surface area contributed by atoms with E-state index < -0.39 is 11.6 Å². The highest BCUT2D eigenvalue weighted by Crippen LogP contribution is 2.41.